The number of aromatic nitrogens is 2. The first-order chi connectivity index (χ1) is 9.52. The van der Waals surface area contributed by atoms with Crippen molar-refractivity contribution >= 4 is 17.3 Å². The Morgan fingerprint density at radius 1 is 1.35 bits per heavy atom. The van der Waals surface area contributed by atoms with Gasteiger partial charge in [-0.2, -0.15) is 0 Å². The molecule has 0 unspecified atom stereocenters. The van der Waals surface area contributed by atoms with Crippen molar-refractivity contribution in [3.05, 3.63) is 26.7 Å². The monoisotopic (exact) mass is 290 g/mol. The van der Waals surface area contributed by atoms with Gasteiger partial charge in [0.05, 0.1) is 23.4 Å². The molecule has 1 saturated carbocycles. The van der Waals surface area contributed by atoms with E-state index in [9.17, 15) is 4.79 Å². The molecule has 0 amide bonds. The largest absolute Gasteiger partial charge is 0.465 e. The lowest BCUT2D eigenvalue weighted by atomic mass is 10.1. The van der Waals surface area contributed by atoms with Crippen LogP contribution in [-0.2, 0) is 4.74 Å². The normalized spacial score (nSPS) is 14.6. The van der Waals surface area contributed by atoms with Crippen LogP contribution in [0.3, 0.4) is 0 Å². The molecule has 0 aliphatic heterocycles. The van der Waals surface area contributed by atoms with Crippen LogP contribution >= 0.6 is 11.3 Å². The van der Waals surface area contributed by atoms with E-state index in [4.69, 9.17) is 9.72 Å². The molecule has 3 rings (SSSR count). The van der Waals surface area contributed by atoms with Crippen molar-refractivity contribution in [2.24, 2.45) is 0 Å². The summed E-state index contributed by atoms with van der Waals surface area (Å²) in [5.41, 5.74) is 4.31. The van der Waals surface area contributed by atoms with Crippen LogP contribution in [0.4, 0.5) is 0 Å². The minimum absolute atomic E-state index is 0.294. The van der Waals surface area contributed by atoms with E-state index in [0.717, 1.165) is 22.6 Å². The topological polar surface area (TPSA) is 55.0 Å². The number of esters is 1. The molecule has 0 aromatic carbocycles. The lowest BCUT2D eigenvalue weighted by Crippen LogP contribution is -2.03. The van der Waals surface area contributed by atoms with Gasteiger partial charge in [-0.15, -0.1) is 11.3 Å². The summed E-state index contributed by atoms with van der Waals surface area (Å²) in [5.74, 6) is 0.363. The summed E-state index contributed by atoms with van der Waals surface area (Å²) in [5, 5.41) is 1.23. The number of carbonyl (C=O) groups excluding carboxylic acids is 1. The van der Waals surface area contributed by atoms with Gasteiger partial charge in [0.25, 0.3) is 0 Å². The highest BCUT2D eigenvalue weighted by Crippen LogP contribution is 2.44. The number of aryl methyl sites for hydroxylation is 2. The predicted octanol–water partition coefficient (Wildman–Crippen LogP) is 3.73. The number of carbonyl (C=O) groups is 1. The average Bonchev–Trinajstić information content (AvgIpc) is 3.13. The number of rotatable bonds is 3. The Balaban J connectivity index is 2.08. The SMILES string of the molecule is COC(=O)c1c(C)[nH]c(-c2nc(C3CC3)sc2C)c1C. The number of hydrogen-bond acceptors (Lipinski definition) is 4. The summed E-state index contributed by atoms with van der Waals surface area (Å²) in [6, 6.07) is 0. The fourth-order valence-electron chi connectivity index (χ4n) is 2.55. The standard InChI is InChI=1S/C15H18N2O2S/c1-7-11(15(18)19-4)8(2)16-12(7)13-9(3)20-14(17-13)10-5-6-10/h10,16H,5-6H2,1-4H3. The first-order valence-corrected chi connectivity index (χ1v) is 7.59. The average molecular weight is 290 g/mol. The molecule has 0 spiro atoms. The molecule has 20 heavy (non-hydrogen) atoms. The van der Waals surface area contributed by atoms with E-state index in [1.807, 2.05) is 13.8 Å². The Hall–Kier alpha value is -1.62. The van der Waals surface area contributed by atoms with Crippen LogP contribution in [-0.4, -0.2) is 23.0 Å². The molecule has 0 radical (unpaired) electrons. The van der Waals surface area contributed by atoms with Crippen molar-refractivity contribution in [3.8, 4) is 11.4 Å². The molecule has 1 aliphatic carbocycles. The summed E-state index contributed by atoms with van der Waals surface area (Å²) in [7, 11) is 1.41. The van der Waals surface area contributed by atoms with E-state index in [0.29, 0.717) is 11.5 Å². The van der Waals surface area contributed by atoms with Crippen molar-refractivity contribution in [1.82, 2.24) is 9.97 Å². The maximum atomic E-state index is 11.8. The van der Waals surface area contributed by atoms with Crippen LogP contribution in [0.5, 0.6) is 0 Å². The number of aromatic amines is 1. The molecule has 0 atom stereocenters. The molecule has 1 fully saturated rings. The minimum atomic E-state index is -0.294. The molecule has 106 valence electrons. The number of H-pyrrole nitrogens is 1. The van der Waals surface area contributed by atoms with Gasteiger partial charge in [-0.05, 0) is 39.2 Å². The summed E-state index contributed by atoms with van der Waals surface area (Å²) in [4.78, 5) is 21.1. The first-order valence-electron chi connectivity index (χ1n) is 6.78. The molecule has 1 aliphatic rings. The van der Waals surface area contributed by atoms with Crippen molar-refractivity contribution in [1.29, 1.82) is 0 Å². The summed E-state index contributed by atoms with van der Waals surface area (Å²) in [6.45, 7) is 5.93. The summed E-state index contributed by atoms with van der Waals surface area (Å²) < 4.78 is 4.85. The smallest absolute Gasteiger partial charge is 0.339 e. The van der Waals surface area contributed by atoms with Gasteiger partial charge in [0.15, 0.2) is 0 Å². The van der Waals surface area contributed by atoms with Gasteiger partial charge in [-0.3, -0.25) is 0 Å². The molecule has 5 heteroatoms. The van der Waals surface area contributed by atoms with E-state index < -0.39 is 0 Å². The number of methoxy groups -OCH3 is 1. The molecule has 2 aromatic rings. The predicted molar refractivity (Wildman–Crippen MR) is 79.4 cm³/mol. The third-order valence-corrected chi connectivity index (χ3v) is 4.94. The van der Waals surface area contributed by atoms with Crippen LogP contribution in [0.2, 0.25) is 0 Å². The minimum Gasteiger partial charge on any atom is -0.465 e. The quantitative estimate of drug-likeness (QED) is 0.876. The fourth-order valence-corrected chi connectivity index (χ4v) is 3.65. The molecule has 2 aromatic heterocycles. The van der Waals surface area contributed by atoms with Gasteiger partial charge in [0.1, 0.15) is 5.69 Å². The van der Waals surface area contributed by atoms with Crippen LogP contribution < -0.4 is 0 Å². The summed E-state index contributed by atoms with van der Waals surface area (Å²) in [6.07, 6.45) is 2.51. The highest BCUT2D eigenvalue weighted by molar-refractivity contribution is 7.12. The Labute approximate surface area is 122 Å². The van der Waals surface area contributed by atoms with Crippen molar-refractivity contribution in [2.45, 2.75) is 39.5 Å². The highest BCUT2D eigenvalue weighted by Gasteiger charge is 2.29. The van der Waals surface area contributed by atoms with Gasteiger partial charge in [0.2, 0.25) is 0 Å². The number of thiazole rings is 1. The number of nitrogens with one attached hydrogen (secondary N) is 1. The highest BCUT2D eigenvalue weighted by atomic mass is 32.1. The fraction of sp³-hybridized carbons (Fsp3) is 0.467. The Bertz CT molecular complexity index is 680. The maximum absolute atomic E-state index is 11.8. The van der Waals surface area contributed by atoms with E-state index in [-0.39, 0.29) is 5.97 Å². The first kappa shape index (κ1) is 13.4. The lowest BCUT2D eigenvalue weighted by Gasteiger charge is -2.00. The Morgan fingerprint density at radius 2 is 2.05 bits per heavy atom. The molecule has 4 nitrogen and oxygen atoms in total. The third kappa shape index (κ3) is 2.06. The zero-order chi connectivity index (χ0) is 14.4. The third-order valence-electron chi connectivity index (χ3n) is 3.80. The van der Waals surface area contributed by atoms with Crippen LogP contribution in [0.25, 0.3) is 11.4 Å². The zero-order valence-electron chi connectivity index (χ0n) is 12.2. The zero-order valence-corrected chi connectivity index (χ0v) is 13.0. The number of ether oxygens (including phenoxy) is 1. The van der Waals surface area contributed by atoms with E-state index >= 15 is 0 Å². The van der Waals surface area contributed by atoms with Crippen LogP contribution in [0, 0.1) is 20.8 Å². The molecule has 0 saturated heterocycles. The second-order valence-corrected chi connectivity index (χ2v) is 6.58. The van der Waals surface area contributed by atoms with E-state index in [1.54, 1.807) is 11.3 Å². The summed E-state index contributed by atoms with van der Waals surface area (Å²) >= 11 is 1.77. The maximum Gasteiger partial charge on any atom is 0.339 e. The van der Waals surface area contributed by atoms with Crippen molar-refractivity contribution in [2.75, 3.05) is 7.11 Å². The molecule has 2 heterocycles. The van der Waals surface area contributed by atoms with E-state index in [1.165, 1.54) is 29.8 Å². The molecular formula is C15H18N2O2S. The Morgan fingerprint density at radius 3 is 2.65 bits per heavy atom. The molecule has 1 N–H and O–H groups in total. The van der Waals surface area contributed by atoms with Gasteiger partial charge >= 0.3 is 5.97 Å². The van der Waals surface area contributed by atoms with Crippen molar-refractivity contribution in [3.63, 3.8) is 0 Å². The van der Waals surface area contributed by atoms with Gasteiger partial charge < -0.3 is 9.72 Å². The van der Waals surface area contributed by atoms with Gasteiger partial charge in [0, 0.05) is 16.5 Å². The van der Waals surface area contributed by atoms with Gasteiger partial charge in [-0.1, -0.05) is 0 Å². The Kier molecular flexibility index (Phi) is 3.17. The van der Waals surface area contributed by atoms with E-state index in [2.05, 4.69) is 11.9 Å². The van der Waals surface area contributed by atoms with Crippen LogP contribution in [0.1, 0.15) is 50.3 Å². The second kappa shape index (κ2) is 4.74. The van der Waals surface area contributed by atoms with Crippen LogP contribution in [0.15, 0.2) is 0 Å². The molecule has 0 bridgehead atoms. The van der Waals surface area contributed by atoms with Gasteiger partial charge in [-0.25, -0.2) is 9.78 Å². The lowest BCUT2D eigenvalue weighted by molar-refractivity contribution is 0.0599. The number of hydrogen-bond donors (Lipinski definition) is 1. The molecular weight excluding hydrogens is 272 g/mol. The second-order valence-electron chi connectivity index (χ2n) is 5.35. The number of nitrogens with zero attached hydrogens (tertiary/aromatic N) is 1. The van der Waals surface area contributed by atoms with Crippen molar-refractivity contribution < 1.29 is 9.53 Å².